The van der Waals surface area contributed by atoms with E-state index in [9.17, 15) is 4.79 Å². The number of rotatable bonds is 3. The van der Waals surface area contributed by atoms with Crippen molar-refractivity contribution in [3.05, 3.63) is 29.8 Å². The van der Waals surface area contributed by atoms with Crippen molar-refractivity contribution in [2.75, 3.05) is 6.61 Å². The first-order valence-corrected chi connectivity index (χ1v) is 5.64. The van der Waals surface area contributed by atoms with Crippen LogP contribution in [0.5, 0.6) is 0 Å². The van der Waals surface area contributed by atoms with Crippen LogP contribution in [0, 0.1) is 0 Å². The van der Waals surface area contributed by atoms with Crippen molar-refractivity contribution in [2.24, 2.45) is 0 Å². The molecule has 0 radical (unpaired) electrons. The van der Waals surface area contributed by atoms with Crippen LogP contribution in [0.3, 0.4) is 0 Å². The van der Waals surface area contributed by atoms with Crippen LogP contribution in [0.1, 0.15) is 42.9 Å². The summed E-state index contributed by atoms with van der Waals surface area (Å²) < 4.78 is 6.75. The van der Waals surface area contributed by atoms with Crippen LogP contribution in [0.2, 0.25) is 0 Å². The third-order valence-corrected chi connectivity index (χ3v) is 2.48. The molecule has 0 aliphatic carbocycles. The molecule has 5 nitrogen and oxygen atoms in total. The van der Waals surface area contributed by atoms with Gasteiger partial charge < -0.3 is 4.74 Å². The molecular formula is C12H15N3O2. The average molecular weight is 233 g/mol. The number of esters is 1. The highest BCUT2D eigenvalue weighted by molar-refractivity contribution is 5.87. The standard InChI is InChI=1S/C12H15N3O2/c1-4-17-11(16)9-7-15-10(8(2)3)5-6-13-12(15)14-9/h5-8H,4H2,1-3H3. The number of hydrogen-bond acceptors (Lipinski definition) is 4. The molecule has 5 heteroatoms. The van der Waals surface area contributed by atoms with Gasteiger partial charge >= 0.3 is 5.97 Å². The van der Waals surface area contributed by atoms with E-state index in [0.29, 0.717) is 24.0 Å². The molecule has 2 rings (SSSR count). The maximum absolute atomic E-state index is 11.6. The number of fused-ring (bicyclic) bond motifs is 1. The molecule has 90 valence electrons. The number of nitrogens with zero attached hydrogens (tertiary/aromatic N) is 3. The van der Waals surface area contributed by atoms with Gasteiger partial charge in [-0.3, -0.25) is 4.40 Å². The Balaban J connectivity index is 2.50. The lowest BCUT2D eigenvalue weighted by molar-refractivity contribution is 0.0520. The van der Waals surface area contributed by atoms with E-state index in [1.807, 2.05) is 10.5 Å². The fraction of sp³-hybridized carbons (Fsp3) is 0.417. The number of aromatic nitrogens is 3. The summed E-state index contributed by atoms with van der Waals surface area (Å²) in [7, 11) is 0. The van der Waals surface area contributed by atoms with Gasteiger partial charge in [0, 0.05) is 18.1 Å². The zero-order valence-electron chi connectivity index (χ0n) is 10.2. The molecule has 0 fully saturated rings. The summed E-state index contributed by atoms with van der Waals surface area (Å²) in [6.07, 6.45) is 3.38. The second kappa shape index (κ2) is 4.53. The van der Waals surface area contributed by atoms with Gasteiger partial charge in [0.15, 0.2) is 5.69 Å². The molecule has 0 aliphatic rings. The minimum absolute atomic E-state index is 0.299. The first-order valence-electron chi connectivity index (χ1n) is 5.64. The van der Waals surface area contributed by atoms with E-state index in [1.54, 1.807) is 19.3 Å². The summed E-state index contributed by atoms with van der Waals surface area (Å²) in [4.78, 5) is 19.9. The zero-order chi connectivity index (χ0) is 12.4. The van der Waals surface area contributed by atoms with Gasteiger partial charge in [-0.15, -0.1) is 0 Å². The molecule has 0 atom stereocenters. The van der Waals surface area contributed by atoms with Crippen LogP contribution < -0.4 is 0 Å². The largest absolute Gasteiger partial charge is 0.461 e. The van der Waals surface area contributed by atoms with Gasteiger partial charge in [-0.1, -0.05) is 13.8 Å². The fourth-order valence-corrected chi connectivity index (χ4v) is 1.69. The Morgan fingerprint density at radius 3 is 2.94 bits per heavy atom. The highest BCUT2D eigenvalue weighted by Gasteiger charge is 2.14. The summed E-state index contributed by atoms with van der Waals surface area (Å²) in [5, 5.41) is 0. The number of carbonyl (C=O) groups excluding carboxylic acids is 1. The zero-order valence-corrected chi connectivity index (χ0v) is 10.2. The molecule has 0 unspecified atom stereocenters. The Hall–Kier alpha value is -1.91. The Morgan fingerprint density at radius 2 is 2.29 bits per heavy atom. The third kappa shape index (κ3) is 2.13. The van der Waals surface area contributed by atoms with E-state index in [1.165, 1.54) is 0 Å². The molecule has 0 saturated carbocycles. The van der Waals surface area contributed by atoms with Gasteiger partial charge in [-0.05, 0) is 18.9 Å². The normalized spacial score (nSPS) is 11.1. The van der Waals surface area contributed by atoms with Crippen LogP contribution >= 0.6 is 0 Å². The van der Waals surface area contributed by atoms with Gasteiger partial charge in [-0.2, -0.15) is 0 Å². The van der Waals surface area contributed by atoms with E-state index in [2.05, 4.69) is 23.8 Å². The molecule has 2 aromatic rings. The molecule has 17 heavy (non-hydrogen) atoms. The minimum atomic E-state index is -0.410. The molecule has 0 N–H and O–H groups in total. The Morgan fingerprint density at radius 1 is 1.53 bits per heavy atom. The van der Waals surface area contributed by atoms with Gasteiger partial charge in [0.25, 0.3) is 0 Å². The molecule has 0 bridgehead atoms. The topological polar surface area (TPSA) is 56.5 Å². The molecule has 2 aromatic heterocycles. The van der Waals surface area contributed by atoms with Crippen molar-refractivity contribution < 1.29 is 9.53 Å². The molecular weight excluding hydrogens is 218 g/mol. The van der Waals surface area contributed by atoms with E-state index in [4.69, 9.17) is 4.74 Å². The van der Waals surface area contributed by atoms with E-state index >= 15 is 0 Å². The number of carbonyl (C=O) groups is 1. The third-order valence-electron chi connectivity index (χ3n) is 2.48. The van der Waals surface area contributed by atoms with Crippen molar-refractivity contribution in [1.29, 1.82) is 0 Å². The van der Waals surface area contributed by atoms with E-state index in [0.717, 1.165) is 5.69 Å². The summed E-state index contributed by atoms with van der Waals surface area (Å²) in [5.41, 5.74) is 1.37. The highest BCUT2D eigenvalue weighted by atomic mass is 16.5. The number of hydrogen-bond donors (Lipinski definition) is 0. The SMILES string of the molecule is CCOC(=O)c1cn2c(C(C)C)ccnc2n1. The lowest BCUT2D eigenvalue weighted by Gasteiger charge is -2.06. The van der Waals surface area contributed by atoms with Gasteiger partial charge in [-0.25, -0.2) is 14.8 Å². The Labute approximate surface area is 99.5 Å². The first-order chi connectivity index (χ1) is 8.13. The van der Waals surface area contributed by atoms with Crippen molar-refractivity contribution in [1.82, 2.24) is 14.4 Å². The van der Waals surface area contributed by atoms with Crippen molar-refractivity contribution in [3.63, 3.8) is 0 Å². The Kier molecular flexibility index (Phi) is 3.08. The van der Waals surface area contributed by atoms with Crippen LogP contribution in [0.4, 0.5) is 0 Å². The maximum atomic E-state index is 11.6. The summed E-state index contributed by atoms with van der Waals surface area (Å²) in [5.74, 6) is 0.455. The van der Waals surface area contributed by atoms with Crippen molar-refractivity contribution in [2.45, 2.75) is 26.7 Å². The quantitative estimate of drug-likeness (QED) is 0.761. The lowest BCUT2D eigenvalue weighted by Crippen LogP contribution is -2.04. The van der Waals surface area contributed by atoms with Crippen molar-refractivity contribution in [3.8, 4) is 0 Å². The first kappa shape index (κ1) is 11.6. The van der Waals surface area contributed by atoms with Crippen LogP contribution in [0.15, 0.2) is 18.5 Å². The van der Waals surface area contributed by atoms with Gasteiger partial charge in [0.1, 0.15) is 0 Å². The second-order valence-corrected chi connectivity index (χ2v) is 4.04. The maximum Gasteiger partial charge on any atom is 0.358 e. The monoisotopic (exact) mass is 233 g/mol. The number of ether oxygens (including phenoxy) is 1. The van der Waals surface area contributed by atoms with Crippen LogP contribution in [0.25, 0.3) is 5.78 Å². The van der Waals surface area contributed by atoms with Crippen LogP contribution in [-0.2, 0) is 4.74 Å². The molecule has 0 spiro atoms. The number of imidazole rings is 1. The van der Waals surface area contributed by atoms with E-state index in [-0.39, 0.29) is 0 Å². The fourth-order valence-electron chi connectivity index (χ4n) is 1.69. The van der Waals surface area contributed by atoms with Gasteiger partial charge in [0.05, 0.1) is 6.61 Å². The molecule has 0 amide bonds. The molecule has 0 aromatic carbocycles. The summed E-state index contributed by atoms with van der Waals surface area (Å²) >= 11 is 0. The molecule has 2 heterocycles. The molecule has 0 saturated heterocycles. The summed E-state index contributed by atoms with van der Waals surface area (Å²) in [6.45, 7) is 6.28. The highest BCUT2D eigenvalue weighted by Crippen LogP contribution is 2.15. The molecule has 0 aliphatic heterocycles. The second-order valence-electron chi connectivity index (χ2n) is 4.04. The van der Waals surface area contributed by atoms with Gasteiger partial charge in [0.2, 0.25) is 5.78 Å². The predicted molar refractivity (Wildman–Crippen MR) is 63.0 cm³/mol. The van der Waals surface area contributed by atoms with E-state index < -0.39 is 5.97 Å². The van der Waals surface area contributed by atoms with Crippen molar-refractivity contribution >= 4 is 11.7 Å². The average Bonchev–Trinajstić information content (AvgIpc) is 2.72. The Bertz CT molecular complexity index is 546. The smallest absolute Gasteiger partial charge is 0.358 e. The van der Waals surface area contributed by atoms with Crippen LogP contribution in [-0.4, -0.2) is 26.9 Å². The minimum Gasteiger partial charge on any atom is -0.461 e. The lowest BCUT2D eigenvalue weighted by atomic mass is 10.1. The predicted octanol–water partition coefficient (Wildman–Crippen LogP) is 2.03. The summed E-state index contributed by atoms with van der Waals surface area (Å²) in [6, 6.07) is 1.92.